The Labute approximate surface area is 169 Å². The maximum atomic E-state index is 13.7. The molecule has 1 heterocycles. The van der Waals surface area contributed by atoms with Gasteiger partial charge in [0.25, 0.3) is 5.56 Å². The van der Waals surface area contributed by atoms with E-state index in [0.29, 0.717) is 5.56 Å². The van der Waals surface area contributed by atoms with E-state index in [9.17, 15) is 22.4 Å². The Hall–Kier alpha value is -2.72. The van der Waals surface area contributed by atoms with Crippen LogP contribution in [0.2, 0.25) is 0 Å². The Balaban J connectivity index is 2.12. The molecule has 1 N–H and O–H groups in total. The highest BCUT2D eigenvalue weighted by atomic mass is 32.2. The normalized spacial score (nSPS) is 11.5. The van der Waals surface area contributed by atoms with E-state index in [1.165, 1.54) is 29.6 Å². The molecule has 0 aliphatic heterocycles. The number of sulfonamides is 1. The Morgan fingerprint density at radius 1 is 1.21 bits per heavy atom. The van der Waals surface area contributed by atoms with Gasteiger partial charge in [0.1, 0.15) is 6.54 Å². The molecular formula is C19H24FN3O5S. The Kier molecular flexibility index (Phi) is 7.52. The summed E-state index contributed by atoms with van der Waals surface area (Å²) in [6.07, 6.45) is 1.16. The molecule has 158 valence electrons. The molecule has 2 aromatic rings. The number of pyridine rings is 1. The fraction of sp³-hybridized carbons (Fsp3) is 0.368. The topological polar surface area (TPSA) is 97.7 Å². The van der Waals surface area contributed by atoms with Crippen molar-refractivity contribution in [1.82, 2.24) is 14.2 Å². The molecule has 0 spiro atoms. The van der Waals surface area contributed by atoms with Gasteiger partial charge in [-0.25, -0.2) is 12.8 Å². The summed E-state index contributed by atoms with van der Waals surface area (Å²) in [4.78, 5) is 24.2. The molecule has 0 radical (unpaired) electrons. The lowest BCUT2D eigenvalue weighted by Crippen LogP contribution is -2.34. The molecule has 0 fully saturated rings. The highest BCUT2D eigenvalue weighted by molar-refractivity contribution is 7.89. The van der Waals surface area contributed by atoms with Crippen LogP contribution in [0.15, 0.2) is 46.2 Å². The molecule has 0 aliphatic rings. The third-order valence-corrected chi connectivity index (χ3v) is 6.35. The molecule has 29 heavy (non-hydrogen) atoms. The fourth-order valence-corrected chi connectivity index (χ4v) is 4.21. The fourth-order valence-electron chi connectivity index (χ4n) is 2.73. The number of methoxy groups -OCH3 is 1. The van der Waals surface area contributed by atoms with Crippen molar-refractivity contribution in [3.63, 3.8) is 0 Å². The first kappa shape index (κ1) is 22.6. The molecule has 1 aromatic heterocycles. The molecular weight excluding hydrogens is 401 g/mol. The summed E-state index contributed by atoms with van der Waals surface area (Å²) in [6, 6.07) is 6.63. The Morgan fingerprint density at radius 3 is 2.48 bits per heavy atom. The number of aromatic nitrogens is 1. The zero-order valence-corrected chi connectivity index (χ0v) is 17.3. The van der Waals surface area contributed by atoms with Crippen LogP contribution >= 0.6 is 0 Å². The number of ether oxygens (including phenoxy) is 1. The monoisotopic (exact) mass is 425 g/mol. The smallest absolute Gasteiger partial charge is 0.251 e. The van der Waals surface area contributed by atoms with Crippen molar-refractivity contribution < 1.29 is 22.3 Å². The third-order valence-electron chi connectivity index (χ3n) is 4.32. The Morgan fingerprint density at radius 2 is 1.90 bits per heavy atom. The lowest BCUT2D eigenvalue weighted by molar-refractivity contribution is -0.121. The van der Waals surface area contributed by atoms with Gasteiger partial charge >= 0.3 is 0 Å². The van der Waals surface area contributed by atoms with Gasteiger partial charge < -0.3 is 14.6 Å². The van der Waals surface area contributed by atoms with Crippen molar-refractivity contribution in [2.75, 3.05) is 20.2 Å². The standard InChI is InChI=1S/C19H24FN3O5S/c1-4-23(5-2)29(26,27)15-7-9-19(25)22(12-15)13-18(24)21-11-14-6-8-17(28-3)16(20)10-14/h6-10,12H,4-5,11,13H2,1-3H3,(H,21,24). The summed E-state index contributed by atoms with van der Waals surface area (Å²) in [5, 5.41) is 2.58. The van der Waals surface area contributed by atoms with E-state index in [1.807, 2.05) is 0 Å². The minimum Gasteiger partial charge on any atom is -0.494 e. The highest BCUT2D eigenvalue weighted by Gasteiger charge is 2.22. The number of benzene rings is 1. The summed E-state index contributed by atoms with van der Waals surface area (Å²) in [7, 11) is -2.40. The van der Waals surface area contributed by atoms with Crippen LogP contribution in [0.5, 0.6) is 5.75 Å². The Bertz CT molecular complexity index is 1030. The molecule has 0 atom stereocenters. The predicted molar refractivity (Wildman–Crippen MR) is 106 cm³/mol. The van der Waals surface area contributed by atoms with Crippen LogP contribution in [0.3, 0.4) is 0 Å². The second-order valence-electron chi connectivity index (χ2n) is 6.17. The van der Waals surface area contributed by atoms with E-state index >= 15 is 0 Å². The number of rotatable bonds is 9. The number of nitrogens with zero attached hydrogens (tertiary/aromatic N) is 2. The SMILES string of the molecule is CCN(CC)S(=O)(=O)c1ccc(=O)n(CC(=O)NCc2ccc(OC)c(F)c2)c1. The van der Waals surface area contributed by atoms with Gasteiger partial charge in [0.15, 0.2) is 11.6 Å². The van der Waals surface area contributed by atoms with Gasteiger partial charge in [0, 0.05) is 31.9 Å². The molecule has 8 nitrogen and oxygen atoms in total. The second kappa shape index (κ2) is 9.66. The number of hydrogen-bond acceptors (Lipinski definition) is 5. The first-order valence-electron chi connectivity index (χ1n) is 9.02. The first-order chi connectivity index (χ1) is 13.7. The van der Waals surface area contributed by atoms with E-state index in [2.05, 4.69) is 5.32 Å². The summed E-state index contributed by atoms with van der Waals surface area (Å²) < 4.78 is 46.0. The molecule has 1 aromatic carbocycles. The maximum absolute atomic E-state index is 13.7. The van der Waals surface area contributed by atoms with Crippen LogP contribution in [-0.2, 0) is 27.9 Å². The van der Waals surface area contributed by atoms with Crippen LogP contribution in [0.4, 0.5) is 4.39 Å². The van der Waals surface area contributed by atoms with Crippen molar-refractivity contribution in [3.8, 4) is 5.75 Å². The number of nitrogens with one attached hydrogen (secondary N) is 1. The van der Waals surface area contributed by atoms with Gasteiger partial charge in [-0.15, -0.1) is 0 Å². The molecule has 10 heteroatoms. The van der Waals surface area contributed by atoms with E-state index < -0.39 is 27.3 Å². The molecule has 0 saturated heterocycles. The molecule has 0 saturated carbocycles. The van der Waals surface area contributed by atoms with E-state index in [0.717, 1.165) is 16.8 Å². The molecule has 0 aliphatic carbocycles. The molecule has 1 amide bonds. The quantitative estimate of drug-likeness (QED) is 0.654. The minimum atomic E-state index is -3.75. The first-order valence-corrected chi connectivity index (χ1v) is 10.5. The van der Waals surface area contributed by atoms with Crippen LogP contribution in [-0.4, -0.2) is 43.4 Å². The summed E-state index contributed by atoms with van der Waals surface area (Å²) in [6.45, 7) is 3.69. The average Bonchev–Trinajstić information content (AvgIpc) is 2.68. The summed E-state index contributed by atoms with van der Waals surface area (Å²) in [5.74, 6) is -0.969. The zero-order chi connectivity index (χ0) is 21.6. The van der Waals surface area contributed by atoms with Gasteiger partial charge in [-0.2, -0.15) is 4.31 Å². The van der Waals surface area contributed by atoms with Gasteiger partial charge in [-0.05, 0) is 23.8 Å². The van der Waals surface area contributed by atoms with Crippen LogP contribution in [0.25, 0.3) is 0 Å². The average molecular weight is 425 g/mol. The van der Waals surface area contributed by atoms with Gasteiger partial charge in [-0.1, -0.05) is 19.9 Å². The maximum Gasteiger partial charge on any atom is 0.251 e. The van der Waals surface area contributed by atoms with Crippen molar-refractivity contribution in [3.05, 3.63) is 58.3 Å². The van der Waals surface area contributed by atoms with E-state index in [-0.39, 0.29) is 36.8 Å². The highest BCUT2D eigenvalue weighted by Crippen LogP contribution is 2.17. The number of halogens is 1. The summed E-state index contributed by atoms with van der Waals surface area (Å²) in [5.41, 5.74) is 0.0102. The van der Waals surface area contributed by atoms with Crippen molar-refractivity contribution in [1.29, 1.82) is 0 Å². The van der Waals surface area contributed by atoms with Gasteiger partial charge in [0.05, 0.1) is 12.0 Å². The van der Waals surface area contributed by atoms with Gasteiger partial charge in [-0.3, -0.25) is 9.59 Å². The van der Waals surface area contributed by atoms with Crippen LogP contribution < -0.4 is 15.6 Å². The molecule has 0 bridgehead atoms. The van der Waals surface area contributed by atoms with Crippen molar-refractivity contribution >= 4 is 15.9 Å². The lowest BCUT2D eigenvalue weighted by atomic mass is 10.2. The van der Waals surface area contributed by atoms with Crippen molar-refractivity contribution in [2.24, 2.45) is 0 Å². The third kappa shape index (κ3) is 5.42. The minimum absolute atomic E-state index is 0.0476. The summed E-state index contributed by atoms with van der Waals surface area (Å²) >= 11 is 0. The molecule has 0 unspecified atom stereocenters. The molecule has 2 rings (SSSR count). The van der Waals surface area contributed by atoms with Crippen LogP contribution in [0.1, 0.15) is 19.4 Å². The zero-order valence-electron chi connectivity index (χ0n) is 16.5. The van der Waals surface area contributed by atoms with E-state index in [1.54, 1.807) is 19.9 Å². The predicted octanol–water partition coefficient (Wildman–Crippen LogP) is 1.34. The number of carbonyl (C=O) groups excluding carboxylic acids is 1. The van der Waals surface area contributed by atoms with E-state index in [4.69, 9.17) is 4.74 Å². The van der Waals surface area contributed by atoms with Crippen LogP contribution in [0, 0.1) is 5.82 Å². The van der Waals surface area contributed by atoms with Gasteiger partial charge in [0.2, 0.25) is 15.9 Å². The lowest BCUT2D eigenvalue weighted by Gasteiger charge is -2.19. The number of carbonyl (C=O) groups is 1. The van der Waals surface area contributed by atoms with Crippen molar-refractivity contribution in [2.45, 2.75) is 31.8 Å². The number of amides is 1. The largest absolute Gasteiger partial charge is 0.494 e. The second-order valence-corrected chi connectivity index (χ2v) is 8.10. The number of hydrogen-bond donors (Lipinski definition) is 1.